The molecule has 27 heavy (non-hydrogen) atoms. The molecule has 5 heteroatoms. The van der Waals surface area contributed by atoms with Gasteiger partial charge in [0.2, 0.25) is 0 Å². The fraction of sp³-hybridized carbons (Fsp3) is 0.0455. The van der Waals surface area contributed by atoms with E-state index in [4.69, 9.17) is 5.73 Å². The van der Waals surface area contributed by atoms with E-state index in [1.165, 1.54) is 0 Å². The lowest BCUT2D eigenvalue weighted by Crippen LogP contribution is -1.88. The van der Waals surface area contributed by atoms with E-state index in [-0.39, 0.29) is 11.5 Å². The van der Waals surface area contributed by atoms with Gasteiger partial charge in [-0.2, -0.15) is 5.10 Å². The molecule has 0 saturated carbocycles. The zero-order valence-electron chi connectivity index (χ0n) is 14.4. The molecule has 5 rings (SSSR count). The third kappa shape index (κ3) is 2.44. The van der Waals surface area contributed by atoms with Gasteiger partial charge in [0, 0.05) is 23.1 Å². The van der Waals surface area contributed by atoms with Crippen LogP contribution in [0.1, 0.15) is 11.1 Å². The van der Waals surface area contributed by atoms with E-state index in [0.29, 0.717) is 5.69 Å². The molecule has 3 aromatic carbocycles. The number of H-pyrrole nitrogens is 1. The maximum atomic E-state index is 9.72. The maximum Gasteiger partial charge on any atom is 0.138 e. The van der Waals surface area contributed by atoms with E-state index in [1.54, 1.807) is 18.2 Å². The van der Waals surface area contributed by atoms with Gasteiger partial charge in [-0.25, -0.2) is 0 Å². The summed E-state index contributed by atoms with van der Waals surface area (Å²) >= 11 is 0. The van der Waals surface area contributed by atoms with Crippen LogP contribution in [0.5, 0.6) is 11.5 Å². The van der Waals surface area contributed by atoms with E-state index in [0.717, 1.165) is 51.2 Å². The summed E-state index contributed by atoms with van der Waals surface area (Å²) in [6, 6.07) is 18.8. The molecule has 4 aromatic rings. The van der Waals surface area contributed by atoms with Gasteiger partial charge < -0.3 is 15.9 Å². The number of anilines is 1. The van der Waals surface area contributed by atoms with Crippen molar-refractivity contribution >= 4 is 5.69 Å². The number of nitrogens with two attached hydrogens (primary N) is 1. The van der Waals surface area contributed by atoms with Gasteiger partial charge in [-0.05, 0) is 47.0 Å². The Balaban J connectivity index is 1.50. The second-order valence-corrected chi connectivity index (χ2v) is 6.79. The topological polar surface area (TPSA) is 95.2 Å². The minimum absolute atomic E-state index is 0.0908. The number of aromatic nitrogens is 2. The fourth-order valence-electron chi connectivity index (χ4n) is 3.71. The van der Waals surface area contributed by atoms with Crippen molar-refractivity contribution in [3.8, 4) is 45.1 Å². The molecule has 0 radical (unpaired) electrons. The first kappa shape index (κ1) is 15.5. The van der Waals surface area contributed by atoms with Gasteiger partial charge in [-0.3, -0.25) is 5.10 Å². The molecule has 0 spiro atoms. The van der Waals surface area contributed by atoms with Gasteiger partial charge >= 0.3 is 0 Å². The molecule has 1 aliphatic carbocycles. The van der Waals surface area contributed by atoms with Crippen LogP contribution in [0.4, 0.5) is 5.69 Å². The summed E-state index contributed by atoms with van der Waals surface area (Å²) in [4.78, 5) is 0. The molecule has 1 aliphatic rings. The fourth-order valence-corrected chi connectivity index (χ4v) is 3.71. The van der Waals surface area contributed by atoms with Crippen LogP contribution in [-0.4, -0.2) is 20.4 Å². The predicted molar refractivity (Wildman–Crippen MR) is 105 cm³/mol. The summed E-state index contributed by atoms with van der Waals surface area (Å²) in [6.45, 7) is 0. The van der Waals surface area contributed by atoms with Crippen LogP contribution in [0.2, 0.25) is 0 Å². The number of phenolic OH excluding ortho intramolecular Hbond substituents is 2. The Labute approximate surface area is 155 Å². The molecule has 1 heterocycles. The number of benzene rings is 3. The quantitative estimate of drug-likeness (QED) is 0.280. The van der Waals surface area contributed by atoms with E-state index in [2.05, 4.69) is 10.2 Å². The lowest BCUT2D eigenvalue weighted by atomic mass is 10.00. The minimum Gasteiger partial charge on any atom is -0.508 e. The average Bonchev–Trinajstić information content (AvgIpc) is 3.22. The van der Waals surface area contributed by atoms with Gasteiger partial charge in [0.15, 0.2) is 0 Å². The molecular weight excluding hydrogens is 338 g/mol. The van der Waals surface area contributed by atoms with Crippen molar-refractivity contribution in [2.24, 2.45) is 0 Å². The highest BCUT2D eigenvalue weighted by Crippen LogP contribution is 2.41. The summed E-state index contributed by atoms with van der Waals surface area (Å²) in [5, 5.41) is 27.0. The number of nitrogen functional groups attached to an aromatic ring is 1. The number of phenols is 2. The van der Waals surface area contributed by atoms with Gasteiger partial charge in [-0.1, -0.05) is 30.3 Å². The maximum absolute atomic E-state index is 9.72. The van der Waals surface area contributed by atoms with E-state index in [1.807, 2.05) is 42.5 Å². The molecule has 0 unspecified atom stereocenters. The number of aromatic amines is 1. The second-order valence-electron chi connectivity index (χ2n) is 6.79. The Bertz CT molecular complexity index is 1180. The highest BCUT2D eigenvalue weighted by molar-refractivity contribution is 5.82. The van der Waals surface area contributed by atoms with Crippen molar-refractivity contribution in [3.05, 3.63) is 71.8 Å². The minimum atomic E-state index is 0.0908. The van der Waals surface area contributed by atoms with Gasteiger partial charge in [0.1, 0.15) is 11.5 Å². The molecule has 0 fully saturated rings. The summed E-state index contributed by atoms with van der Waals surface area (Å²) in [6.07, 6.45) is 0.751. The number of nitrogens with one attached hydrogen (secondary N) is 1. The number of hydrogen-bond acceptors (Lipinski definition) is 4. The Morgan fingerprint density at radius 1 is 0.852 bits per heavy atom. The summed E-state index contributed by atoms with van der Waals surface area (Å²) < 4.78 is 0. The smallest absolute Gasteiger partial charge is 0.138 e. The molecule has 0 bridgehead atoms. The lowest BCUT2D eigenvalue weighted by molar-refractivity contribution is 0.475. The third-order valence-corrected chi connectivity index (χ3v) is 5.11. The third-order valence-electron chi connectivity index (χ3n) is 5.11. The van der Waals surface area contributed by atoms with Crippen LogP contribution in [0, 0.1) is 0 Å². The van der Waals surface area contributed by atoms with E-state index < -0.39 is 0 Å². The first-order valence-electron chi connectivity index (χ1n) is 8.69. The lowest BCUT2D eigenvalue weighted by Gasteiger charge is -2.06. The molecule has 0 aliphatic heterocycles. The van der Waals surface area contributed by atoms with Gasteiger partial charge in [-0.15, -0.1) is 0 Å². The molecule has 5 N–H and O–H groups in total. The van der Waals surface area contributed by atoms with Crippen LogP contribution in [0.15, 0.2) is 60.7 Å². The molecule has 0 atom stereocenters. The van der Waals surface area contributed by atoms with Crippen molar-refractivity contribution in [1.82, 2.24) is 10.2 Å². The monoisotopic (exact) mass is 355 g/mol. The normalized spacial score (nSPS) is 12.0. The van der Waals surface area contributed by atoms with E-state index >= 15 is 0 Å². The largest absolute Gasteiger partial charge is 0.508 e. The van der Waals surface area contributed by atoms with Crippen LogP contribution >= 0.6 is 0 Å². The predicted octanol–water partition coefficient (Wildman–Crippen LogP) is 4.31. The zero-order chi connectivity index (χ0) is 18.5. The number of fused-ring (bicyclic) bond motifs is 3. The van der Waals surface area contributed by atoms with E-state index in [9.17, 15) is 10.2 Å². The molecule has 0 amide bonds. The van der Waals surface area contributed by atoms with Crippen molar-refractivity contribution in [3.63, 3.8) is 0 Å². The highest BCUT2D eigenvalue weighted by atomic mass is 16.3. The second kappa shape index (κ2) is 5.64. The van der Waals surface area contributed by atoms with Crippen LogP contribution in [0.25, 0.3) is 33.6 Å². The standard InChI is InChI=1S/C22H17N3O2/c23-19-11-14(5-8-20(19)27)12-1-3-13(4-2-12)21-18-10-15-9-16(26)6-7-17(15)22(18)25-24-21/h1-9,11,26-27H,10,23H2,(H,24,25). The van der Waals surface area contributed by atoms with Gasteiger partial charge in [0.25, 0.3) is 0 Å². The van der Waals surface area contributed by atoms with Crippen molar-refractivity contribution < 1.29 is 10.2 Å². The summed E-state index contributed by atoms with van der Waals surface area (Å²) in [7, 11) is 0. The van der Waals surface area contributed by atoms with Gasteiger partial charge in [0.05, 0.1) is 17.1 Å². The summed E-state index contributed by atoms with van der Waals surface area (Å²) in [5.41, 5.74) is 14.5. The van der Waals surface area contributed by atoms with Crippen molar-refractivity contribution in [2.75, 3.05) is 5.73 Å². The first-order valence-corrected chi connectivity index (χ1v) is 8.69. The number of rotatable bonds is 2. The zero-order valence-corrected chi connectivity index (χ0v) is 14.4. The highest BCUT2D eigenvalue weighted by Gasteiger charge is 2.25. The van der Waals surface area contributed by atoms with Crippen LogP contribution in [-0.2, 0) is 6.42 Å². The Kier molecular flexibility index (Phi) is 3.24. The molecule has 132 valence electrons. The number of nitrogens with zero attached hydrogens (tertiary/aromatic N) is 1. The molecule has 0 saturated heterocycles. The molecular formula is C22H17N3O2. The van der Waals surface area contributed by atoms with Crippen LogP contribution in [0.3, 0.4) is 0 Å². The van der Waals surface area contributed by atoms with Crippen molar-refractivity contribution in [1.29, 1.82) is 0 Å². The molecule has 5 nitrogen and oxygen atoms in total. The Hall–Kier alpha value is -3.73. The SMILES string of the molecule is Nc1cc(-c2ccc(-c3n[nH]c4c3Cc3cc(O)ccc3-4)cc2)ccc1O. The first-order chi connectivity index (χ1) is 13.1. The van der Waals surface area contributed by atoms with Crippen LogP contribution < -0.4 is 5.73 Å². The average molecular weight is 355 g/mol. The molecule has 1 aromatic heterocycles. The summed E-state index contributed by atoms with van der Waals surface area (Å²) in [5.74, 6) is 0.374. The number of hydrogen-bond donors (Lipinski definition) is 4. The van der Waals surface area contributed by atoms with Crippen molar-refractivity contribution in [2.45, 2.75) is 6.42 Å². The Morgan fingerprint density at radius 2 is 1.59 bits per heavy atom. The number of aromatic hydroxyl groups is 2. The Morgan fingerprint density at radius 3 is 2.37 bits per heavy atom.